The highest BCUT2D eigenvalue weighted by atomic mass is 16.6. The van der Waals surface area contributed by atoms with Gasteiger partial charge in [0.05, 0.1) is 17.4 Å². The van der Waals surface area contributed by atoms with Gasteiger partial charge in [-0.25, -0.2) is 0 Å². The van der Waals surface area contributed by atoms with Crippen LogP contribution in [0.15, 0.2) is 18.2 Å². The van der Waals surface area contributed by atoms with Gasteiger partial charge >= 0.3 is 5.97 Å². The van der Waals surface area contributed by atoms with Crippen molar-refractivity contribution in [3.05, 3.63) is 33.9 Å². The van der Waals surface area contributed by atoms with Crippen molar-refractivity contribution in [1.82, 2.24) is 4.90 Å². The van der Waals surface area contributed by atoms with Crippen LogP contribution in [-0.4, -0.2) is 41.1 Å². The minimum absolute atomic E-state index is 0.00555. The van der Waals surface area contributed by atoms with E-state index in [4.69, 9.17) is 4.74 Å². The van der Waals surface area contributed by atoms with Crippen molar-refractivity contribution < 1.29 is 19.6 Å². The molecule has 7 nitrogen and oxygen atoms in total. The van der Waals surface area contributed by atoms with Crippen molar-refractivity contribution >= 4 is 11.7 Å². The fourth-order valence-corrected chi connectivity index (χ4v) is 2.61. The van der Waals surface area contributed by atoms with E-state index >= 15 is 0 Å². The normalized spacial score (nSPS) is 22.2. The van der Waals surface area contributed by atoms with E-state index < -0.39 is 16.3 Å². The molecule has 0 aliphatic carbocycles. The molecule has 1 saturated heterocycles. The molecule has 1 aromatic rings. The predicted molar refractivity (Wildman–Crippen MR) is 75.3 cm³/mol. The number of nitrogens with zero attached hydrogens (tertiary/aromatic N) is 2. The molecule has 1 unspecified atom stereocenters. The molecule has 1 N–H and O–H groups in total. The van der Waals surface area contributed by atoms with E-state index in [1.165, 1.54) is 19.2 Å². The average molecular weight is 294 g/mol. The molecule has 0 spiro atoms. The summed E-state index contributed by atoms with van der Waals surface area (Å²) in [6, 6.07) is 4.45. The van der Waals surface area contributed by atoms with Crippen LogP contribution in [0.3, 0.4) is 0 Å². The van der Waals surface area contributed by atoms with Crippen molar-refractivity contribution in [1.29, 1.82) is 0 Å². The summed E-state index contributed by atoms with van der Waals surface area (Å²) in [4.78, 5) is 23.6. The molecule has 1 fully saturated rings. The van der Waals surface area contributed by atoms with Gasteiger partial charge in [0.15, 0.2) is 0 Å². The lowest BCUT2D eigenvalue weighted by atomic mass is 9.90. The summed E-state index contributed by atoms with van der Waals surface area (Å²) in [6.07, 6.45) is 0.569. The van der Waals surface area contributed by atoms with Crippen LogP contribution in [-0.2, 0) is 11.3 Å². The van der Waals surface area contributed by atoms with E-state index in [9.17, 15) is 20.0 Å². The van der Waals surface area contributed by atoms with Crippen LogP contribution in [0.1, 0.15) is 18.9 Å². The number of aliphatic carboxylic acids is 1. The zero-order valence-corrected chi connectivity index (χ0v) is 12.0. The lowest BCUT2D eigenvalue weighted by Gasteiger charge is -2.20. The minimum atomic E-state index is -0.809. The first-order chi connectivity index (χ1) is 9.85. The molecular weight excluding hydrogens is 276 g/mol. The highest BCUT2D eigenvalue weighted by Gasteiger charge is 2.40. The second-order valence-electron chi connectivity index (χ2n) is 5.58. The van der Waals surface area contributed by atoms with Crippen LogP contribution >= 0.6 is 0 Å². The Morgan fingerprint density at radius 3 is 2.81 bits per heavy atom. The predicted octanol–water partition coefficient (Wildman–Crippen LogP) is 1.90. The van der Waals surface area contributed by atoms with Crippen molar-refractivity contribution in [3.63, 3.8) is 0 Å². The van der Waals surface area contributed by atoms with Gasteiger partial charge < -0.3 is 9.84 Å². The maximum Gasteiger partial charge on any atom is 0.310 e. The first kappa shape index (κ1) is 15.2. The minimum Gasteiger partial charge on any atom is -0.496 e. The molecule has 0 radical (unpaired) electrons. The topological polar surface area (TPSA) is 92.9 Å². The molecular formula is C14H18N2O5. The van der Waals surface area contributed by atoms with Gasteiger partial charge in [0.2, 0.25) is 0 Å². The van der Waals surface area contributed by atoms with E-state index in [1.807, 2.05) is 4.90 Å². The number of rotatable bonds is 5. The highest BCUT2D eigenvalue weighted by Crippen LogP contribution is 2.33. The molecule has 21 heavy (non-hydrogen) atoms. The van der Waals surface area contributed by atoms with Gasteiger partial charge in [-0.3, -0.25) is 19.8 Å². The SMILES string of the molecule is COc1ccc([N+](=O)[O-])cc1CN1CCC(C)(C(=O)O)C1. The number of hydrogen-bond acceptors (Lipinski definition) is 5. The number of hydrogen-bond donors (Lipinski definition) is 1. The quantitative estimate of drug-likeness (QED) is 0.658. The second kappa shape index (κ2) is 5.69. The summed E-state index contributed by atoms with van der Waals surface area (Å²) < 4.78 is 5.22. The van der Waals surface area contributed by atoms with Crippen LogP contribution in [0.4, 0.5) is 5.69 Å². The Labute approximate surface area is 122 Å². The largest absolute Gasteiger partial charge is 0.496 e. The summed E-state index contributed by atoms with van der Waals surface area (Å²) >= 11 is 0. The molecule has 1 aromatic carbocycles. The lowest BCUT2D eigenvalue weighted by Crippen LogP contribution is -2.31. The summed E-state index contributed by atoms with van der Waals surface area (Å²) in [5.41, 5.74) is -0.0548. The maximum atomic E-state index is 11.2. The molecule has 1 atom stereocenters. The molecule has 0 aromatic heterocycles. The fourth-order valence-electron chi connectivity index (χ4n) is 2.61. The third-order valence-corrected chi connectivity index (χ3v) is 3.94. The van der Waals surface area contributed by atoms with E-state index in [0.717, 1.165) is 0 Å². The standard InChI is InChI=1S/C14H18N2O5/c1-14(13(17)18)5-6-15(9-14)8-10-7-11(16(19)20)3-4-12(10)21-2/h3-4,7H,5-6,8-9H2,1-2H3,(H,17,18). The molecule has 0 saturated carbocycles. The first-order valence-corrected chi connectivity index (χ1v) is 6.63. The van der Waals surface area contributed by atoms with Gasteiger partial charge in [-0.2, -0.15) is 0 Å². The molecule has 114 valence electrons. The number of nitro groups is 1. The van der Waals surface area contributed by atoms with Gasteiger partial charge in [0, 0.05) is 30.8 Å². The van der Waals surface area contributed by atoms with Crippen molar-refractivity contribution in [3.8, 4) is 5.75 Å². The van der Waals surface area contributed by atoms with Crippen LogP contribution in [0.5, 0.6) is 5.75 Å². The molecule has 0 bridgehead atoms. The van der Waals surface area contributed by atoms with Crippen LogP contribution in [0, 0.1) is 15.5 Å². The smallest absolute Gasteiger partial charge is 0.310 e. The first-order valence-electron chi connectivity index (χ1n) is 6.63. The summed E-state index contributed by atoms with van der Waals surface area (Å²) in [7, 11) is 1.51. The number of nitro benzene ring substituents is 1. The number of carboxylic acid groups (broad SMARTS) is 1. The summed E-state index contributed by atoms with van der Waals surface area (Å²) in [6.45, 7) is 3.23. The van der Waals surface area contributed by atoms with Gasteiger partial charge in [-0.1, -0.05) is 0 Å². The van der Waals surface area contributed by atoms with E-state index in [-0.39, 0.29) is 5.69 Å². The zero-order chi connectivity index (χ0) is 15.6. The van der Waals surface area contributed by atoms with E-state index in [2.05, 4.69) is 0 Å². The van der Waals surface area contributed by atoms with Gasteiger partial charge in [-0.15, -0.1) is 0 Å². The average Bonchev–Trinajstić information content (AvgIpc) is 2.81. The Bertz CT molecular complexity index is 574. The molecule has 1 aliphatic rings. The van der Waals surface area contributed by atoms with Crippen molar-refractivity contribution in [2.45, 2.75) is 19.9 Å². The van der Waals surface area contributed by atoms with Gasteiger partial charge in [0.1, 0.15) is 5.75 Å². The highest BCUT2D eigenvalue weighted by molar-refractivity contribution is 5.74. The Morgan fingerprint density at radius 1 is 1.57 bits per heavy atom. The molecule has 7 heteroatoms. The number of ether oxygens (including phenoxy) is 1. The second-order valence-corrected chi connectivity index (χ2v) is 5.58. The Morgan fingerprint density at radius 2 is 2.29 bits per heavy atom. The van der Waals surface area contributed by atoms with Gasteiger partial charge in [-0.05, 0) is 26.0 Å². The fraction of sp³-hybridized carbons (Fsp3) is 0.500. The number of non-ortho nitro benzene ring substituents is 1. The van der Waals surface area contributed by atoms with E-state index in [0.29, 0.717) is 37.4 Å². The third-order valence-electron chi connectivity index (χ3n) is 3.94. The third kappa shape index (κ3) is 3.13. The molecule has 1 heterocycles. The van der Waals surface area contributed by atoms with Gasteiger partial charge in [0.25, 0.3) is 5.69 Å². The van der Waals surface area contributed by atoms with E-state index in [1.54, 1.807) is 13.0 Å². The van der Waals surface area contributed by atoms with Crippen LogP contribution in [0.25, 0.3) is 0 Å². The lowest BCUT2D eigenvalue weighted by molar-refractivity contribution is -0.385. The summed E-state index contributed by atoms with van der Waals surface area (Å²) in [5, 5.41) is 20.1. The number of benzene rings is 1. The number of likely N-dealkylation sites (tertiary alicyclic amines) is 1. The van der Waals surface area contributed by atoms with Crippen molar-refractivity contribution in [2.75, 3.05) is 20.2 Å². The number of carboxylic acids is 1. The molecule has 2 rings (SSSR count). The Balaban J connectivity index is 2.18. The van der Waals surface area contributed by atoms with Crippen LogP contribution < -0.4 is 4.74 Å². The molecule has 1 aliphatic heterocycles. The van der Waals surface area contributed by atoms with Crippen LogP contribution in [0.2, 0.25) is 0 Å². The Hall–Kier alpha value is -2.15. The Kier molecular flexibility index (Phi) is 4.13. The number of methoxy groups -OCH3 is 1. The maximum absolute atomic E-state index is 11.2. The monoisotopic (exact) mass is 294 g/mol. The number of carbonyl (C=O) groups is 1. The summed E-state index contributed by atoms with van der Waals surface area (Å²) in [5.74, 6) is -0.236. The van der Waals surface area contributed by atoms with Crippen molar-refractivity contribution in [2.24, 2.45) is 5.41 Å². The zero-order valence-electron chi connectivity index (χ0n) is 12.0. The molecule has 0 amide bonds.